The molecule has 1 aromatic rings. The number of hydrogen-bond donors (Lipinski definition) is 1. The summed E-state index contributed by atoms with van der Waals surface area (Å²) in [5, 5.41) is 3.29. The van der Waals surface area contributed by atoms with Gasteiger partial charge >= 0.3 is 0 Å². The summed E-state index contributed by atoms with van der Waals surface area (Å²) in [5.74, 6) is -0.159. The molecule has 1 heterocycles. The lowest BCUT2D eigenvalue weighted by molar-refractivity contribution is -0.136. The summed E-state index contributed by atoms with van der Waals surface area (Å²) < 4.78 is 13.0. The number of nitrogens with zero attached hydrogens (tertiary/aromatic N) is 1. The highest BCUT2D eigenvalue weighted by atomic mass is 35.5. The molecule has 1 fully saturated rings. The van der Waals surface area contributed by atoms with Crippen LogP contribution in [0.5, 0.6) is 0 Å². The fourth-order valence-corrected chi connectivity index (χ4v) is 2.43. The van der Waals surface area contributed by atoms with Gasteiger partial charge in [-0.3, -0.25) is 4.79 Å². The van der Waals surface area contributed by atoms with Gasteiger partial charge in [0.1, 0.15) is 5.82 Å². The van der Waals surface area contributed by atoms with Gasteiger partial charge in [-0.1, -0.05) is 12.1 Å². The third kappa shape index (κ3) is 3.70. The van der Waals surface area contributed by atoms with Crippen molar-refractivity contribution >= 4 is 18.3 Å². The van der Waals surface area contributed by atoms with Crippen LogP contribution in [0.1, 0.15) is 25.8 Å². The Labute approximate surface area is 125 Å². The van der Waals surface area contributed by atoms with E-state index in [1.165, 1.54) is 12.1 Å². The predicted molar refractivity (Wildman–Crippen MR) is 80.7 cm³/mol. The van der Waals surface area contributed by atoms with Crippen molar-refractivity contribution in [3.05, 3.63) is 35.6 Å². The van der Waals surface area contributed by atoms with E-state index in [0.29, 0.717) is 0 Å². The second kappa shape index (κ2) is 7.04. The summed E-state index contributed by atoms with van der Waals surface area (Å²) in [6, 6.07) is 6.22. The van der Waals surface area contributed by atoms with Gasteiger partial charge in [0.15, 0.2) is 0 Å². The molecule has 3 nitrogen and oxygen atoms in total. The summed E-state index contributed by atoms with van der Waals surface area (Å²) in [7, 11) is 0. The first-order valence-electron chi connectivity index (χ1n) is 6.78. The van der Waals surface area contributed by atoms with Crippen LogP contribution in [0.3, 0.4) is 0 Å². The highest BCUT2D eigenvalue weighted by Crippen LogP contribution is 2.26. The van der Waals surface area contributed by atoms with Gasteiger partial charge < -0.3 is 10.2 Å². The summed E-state index contributed by atoms with van der Waals surface area (Å²) in [6.45, 7) is 7.13. The Morgan fingerprint density at radius 1 is 1.20 bits per heavy atom. The van der Waals surface area contributed by atoms with Crippen molar-refractivity contribution in [1.82, 2.24) is 10.2 Å². The van der Waals surface area contributed by atoms with Crippen LogP contribution in [-0.4, -0.2) is 37.0 Å². The Kier molecular flexibility index (Phi) is 5.96. The number of hydrogen-bond acceptors (Lipinski definition) is 2. The molecule has 1 saturated heterocycles. The molecule has 5 heteroatoms. The number of rotatable bonds is 2. The van der Waals surface area contributed by atoms with Crippen LogP contribution in [0.25, 0.3) is 0 Å². The first kappa shape index (κ1) is 16.9. The second-order valence-corrected chi connectivity index (χ2v) is 5.53. The normalized spacial score (nSPS) is 16.2. The molecular formula is C15H22ClFN2O. The average Bonchev–Trinajstić information content (AvgIpc) is 2.67. The minimum atomic E-state index is -0.613. The molecule has 112 valence electrons. The number of halogens is 2. The molecule has 0 bridgehead atoms. The average molecular weight is 301 g/mol. The lowest BCUT2D eigenvalue weighted by Crippen LogP contribution is -2.44. The Hall–Kier alpha value is -1.13. The van der Waals surface area contributed by atoms with E-state index < -0.39 is 5.41 Å². The first-order valence-corrected chi connectivity index (χ1v) is 6.78. The summed E-state index contributed by atoms with van der Waals surface area (Å²) in [6.07, 6.45) is 0.977. The van der Waals surface area contributed by atoms with Gasteiger partial charge in [-0.25, -0.2) is 4.39 Å². The topological polar surface area (TPSA) is 32.3 Å². The lowest BCUT2D eigenvalue weighted by atomic mass is 9.83. The van der Waals surface area contributed by atoms with E-state index in [1.807, 2.05) is 18.7 Å². The summed E-state index contributed by atoms with van der Waals surface area (Å²) in [4.78, 5) is 14.6. The maximum atomic E-state index is 13.0. The molecule has 1 N–H and O–H groups in total. The number of nitrogens with one attached hydrogen (secondary N) is 1. The van der Waals surface area contributed by atoms with E-state index in [9.17, 15) is 9.18 Å². The smallest absolute Gasteiger partial charge is 0.232 e. The fourth-order valence-electron chi connectivity index (χ4n) is 2.43. The Balaban J connectivity index is 0.00000200. The number of amides is 1. The molecule has 2 rings (SSSR count). The molecule has 0 aromatic heterocycles. The number of benzene rings is 1. The summed E-state index contributed by atoms with van der Waals surface area (Å²) >= 11 is 0. The van der Waals surface area contributed by atoms with Crippen LogP contribution in [-0.2, 0) is 10.2 Å². The molecule has 0 unspecified atom stereocenters. The van der Waals surface area contributed by atoms with Gasteiger partial charge in [0, 0.05) is 19.6 Å². The third-order valence-corrected chi connectivity index (χ3v) is 3.73. The molecule has 0 saturated carbocycles. The van der Waals surface area contributed by atoms with E-state index >= 15 is 0 Å². The highest BCUT2D eigenvalue weighted by molar-refractivity contribution is 5.87. The lowest BCUT2D eigenvalue weighted by Gasteiger charge is -2.31. The van der Waals surface area contributed by atoms with Crippen molar-refractivity contribution in [2.75, 3.05) is 26.2 Å². The van der Waals surface area contributed by atoms with Gasteiger partial charge in [0.25, 0.3) is 0 Å². The number of carbonyl (C=O) groups excluding carboxylic acids is 1. The largest absolute Gasteiger partial charge is 0.341 e. The Morgan fingerprint density at radius 2 is 1.85 bits per heavy atom. The van der Waals surface area contributed by atoms with Crippen LogP contribution < -0.4 is 5.32 Å². The molecule has 0 aliphatic carbocycles. The zero-order valence-corrected chi connectivity index (χ0v) is 12.8. The van der Waals surface area contributed by atoms with Gasteiger partial charge in [0.05, 0.1) is 5.41 Å². The standard InChI is InChI=1S/C15H21FN2O.ClH/c1-15(2,12-4-6-13(16)7-5-12)14(19)18-10-3-8-17-9-11-18;/h4-7,17H,3,8-11H2,1-2H3;1H. The summed E-state index contributed by atoms with van der Waals surface area (Å²) in [5.41, 5.74) is 0.244. The van der Waals surface area contributed by atoms with Crippen molar-refractivity contribution < 1.29 is 9.18 Å². The predicted octanol–water partition coefficient (Wildman–Crippen LogP) is 2.35. The zero-order chi connectivity index (χ0) is 13.9. The van der Waals surface area contributed by atoms with Crippen molar-refractivity contribution in [3.8, 4) is 0 Å². The van der Waals surface area contributed by atoms with Crippen molar-refractivity contribution in [2.24, 2.45) is 0 Å². The van der Waals surface area contributed by atoms with Crippen molar-refractivity contribution in [1.29, 1.82) is 0 Å². The highest BCUT2D eigenvalue weighted by Gasteiger charge is 2.33. The third-order valence-electron chi connectivity index (χ3n) is 3.73. The molecular weight excluding hydrogens is 279 g/mol. The van der Waals surface area contributed by atoms with E-state index in [4.69, 9.17) is 0 Å². The fraction of sp³-hybridized carbons (Fsp3) is 0.533. The van der Waals surface area contributed by atoms with Gasteiger partial charge in [-0.05, 0) is 44.5 Å². The SMILES string of the molecule is CC(C)(C(=O)N1CCCNCC1)c1ccc(F)cc1.Cl. The quantitative estimate of drug-likeness (QED) is 0.909. The zero-order valence-electron chi connectivity index (χ0n) is 12.0. The Morgan fingerprint density at radius 3 is 2.50 bits per heavy atom. The van der Waals surface area contributed by atoms with Gasteiger partial charge in [0.2, 0.25) is 5.91 Å². The van der Waals surface area contributed by atoms with Gasteiger partial charge in [-0.2, -0.15) is 0 Å². The van der Waals surface area contributed by atoms with E-state index in [2.05, 4.69) is 5.32 Å². The Bertz CT molecular complexity index is 440. The van der Waals surface area contributed by atoms with Crippen LogP contribution in [0.4, 0.5) is 4.39 Å². The van der Waals surface area contributed by atoms with Crippen LogP contribution in [0.2, 0.25) is 0 Å². The maximum absolute atomic E-state index is 13.0. The van der Waals surface area contributed by atoms with E-state index in [-0.39, 0.29) is 24.1 Å². The monoisotopic (exact) mass is 300 g/mol. The van der Waals surface area contributed by atoms with Crippen molar-refractivity contribution in [2.45, 2.75) is 25.7 Å². The van der Waals surface area contributed by atoms with Crippen LogP contribution >= 0.6 is 12.4 Å². The molecule has 1 aliphatic heterocycles. The molecule has 0 radical (unpaired) electrons. The molecule has 0 atom stereocenters. The molecule has 1 amide bonds. The maximum Gasteiger partial charge on any atom is 0.232 e. The number of carbonyl (C=O) groups is 1. The minimum absolute atomic E-state index is 0. The second-order valence-electron chi connectivity index (χ2n) is 5.53. The minimum Gasteiger partial charge on any atom is -0.341 e. The first-order chi connectivity index (χ1) is 9.01. The van der Waals surface area contributed by atoms with Gasteiger partial charge in [-0.15, -0.1) is 12.4 Å². The van der Waals surface area contributed by atoms with E-state index in [1.54, 1.807) is 12.1 Å². The van der Waals surface area contributed by atoms with E-state index in [0.717, 1.165) is 38.2 Å². The molecule has 1 aromatic carbocycles. The van der Waals surface area contributed by atoms with Crippen molar-refractivity contribution in [3.63, 3.8) is 0 Å². The van der Waals surface area contributed by atoms with Crippen LogP contribution in [0, 0.1) is 5.82 Å². The molecule has 1 aliphatic rings. The molecule has 20 heavy (non-hydrogen) atoms. The van der Waals surface area contributed by atoms with Crippen LogP contribution in [0.15, 0.2) is 24.3 Å². The molecule has 0 spiro atoms.